The van der Waals surface area contributed by atoms with Crippen LogP contribution in [0.2, 0.25) is 0 Å². The molecule has 3 heterocycles. The second-order valence-corrected chi connectivity index (χ2v) is 5.92. The maximum Gasteiger partial charge on any atom is 0.154 e. The molecule has 0 radical (unpaired) electrons. The third kappa shape index (κ3) is 3.16. The van der Waals surface area contributed by atoms with E-state index >= 15 is 0 Å². The molecule has 1 atom stereocenters. The maximum absolute atomic E-state index is 9.49. The number of pyridine rings is 1. The molecule has 0 unspecified atom stereocenters. The third-order valence-corrected chi connectivity index (χ3v) is 3.94. The van der Waals surface area contributed by atoms with E-state index in [4.69, 9.17) is 4.74 Å². The van der Waals surface area contributed by atoms with Crippen molar-refractivity contribution in [1.82, 2.24) is 19.6 Å². The monoisotopic (exact) mass is 327 g/mol. The standard InChI is InChI=1S/C17H21N5O2/c1-11(2)14(10-23)20-16-4-5-17-19-9-15(22(17)21-16)12-6-13(24-3)8-18-7-12/h4-9,11,14,23H,10H2,1-3H3,(H,20,21)/t14-/m1/s1. The molecule has 0 amide bonds. The Hall–Kier alpha value is -2.67. The molecule has 3 aromatic heterocycles. The lowest BCUT2D eigenvalue weighted by Gasteiger charge is -2.20. The largest absolute Gasteiger partial charge is 0.495 e. The van der Waals surface area contributed by atoms with E-state index in [2.05, 4.69) is 34.2 Å². The summed E-state index contributed by atoms with van der Waals surface area (Å²) >= 11 is 0. The maximum atomic E-state index is 9.49. The number of aromatic nitrogens is 4. The van der Waals surface area contributed by atoms with Gasteiger partial charge < -0.3 is 15.2 Å². The third-order valence-electron chi connectivity index (χ3n) is 3.94. The van der Waals surface area contributed by atoms with Crippen LogP contribution < -0.4 is 10.1 Å². The first-order valence-electron chi connectivity index (χ1n) is 7.84. The molecule has 3 rings (SSSR count). The fourth-order valence-electron chi connectivity index (χ4n) is 2.43. The summed E-state index contributed by atoms with van der Waals surface area (Å²) in [6.07, 6.45) is 5.16. The highest BCUT2D eigenvalue weighted by atomic mass is 16.5. The van der Waals surface area contributed by atoms with Gasteiger partial charge in [-0.2, -0.15) is 0 Å². The van der Waals surface area contributed by atoms with E-state index < -0.39 is 0 Å². The zero-order chi connectivity index (χ0) is 17.1. The lowest BCUT2D eigenvalue weighted by molar-refractivity contribution is 0.249. The number of imidazole rings is 1. The van der Waals surface area contributed by atoms with Crippen molar-refractivity contribution in [2.75, 3.05) is 19.0 Å². The highest BCUT2D eigenvalue weighted by molar-refractivity contribution is 5.64. The molecule has 0 saturated carbocycles. The Morgan fingerprint density at radius 1 is 1.25 bits per heavy atom. The van der Waals surface area contributed by atoms with Crippen molar-refractivity contribution in [1.29, 1.82) is 0 Å². The number of methoxy groups -OCH3 is 1. The van der Waals surface area contributed by atoms with Gasteiger partial charge in [0.05, 0.1) is 37.8 Å². The normalized spacial score (nSPS) is 12.5. The minimum Gasteiger partial charge on any atom is -0.495 e. The van der Waals surface area contributed by atoms with Crippen LogP contribution in [0.4, 0.5) is 5.82 Å². The minimum absolute atomic E-state index is 0.0496. The number of rotatable bonds is 6. The predicted molar refractivity (Wildman–Crippen MR) is 92.1 cm³/mol. The highest BCUT2D eigenvalue weighted by Crippen LogP contribution is 2.23. The van der Waals surface area contributed by atoms with Gasteiger partial charge in [0.1, 0.15) is 11.6 Å². The van der Waals surface area contributed by atoms with E-state index in [9.17, 15) is 5.11 Å². The van der Waals surface area contributed by atoms with Gasteiger partial charge in [0.25, 0.3) is 0 Å². The van der Waals surface area contributed by atoms with E-state index in [-0.39, 0.29) is 18.6 Å². The van der Waals surface area contributed by atoms with E-state index in [1.807, 2.05) is 18.2 Å². The van der Waals surface area contributed by atoms with Crippen LogP contribution in [0.3, 0.4) is 0 Å². The predicted octanol–water partition coefficient (Wildman–Crippen LogP) is 2.23. The van der Waals surface area contributed by atoms with Gasteiger partial charge in [0, 0.05) is 11.8 Å². The summed E-state index contributed by atoms with van der Waals surface area (Å²) in [6.45, 7) is 4.15. The second-order valence-electron chi connectivity index (χ2n) is 5.92. The first-order valence-corrected chi connectivity index (χ1v) is 7.84. The minimum atomic E-state index is -0.0552. The Morgan fingerprint density at radius 2 is 2.08 bits per heavy atom. The van der Waals surface area contributed by atoms with Crippen molar-refractivity contribution in [3.05, 3.63) is 36.8 Å². The lowest BCUT2D eigenvalue weighted by atomic mass is 10.1. The Labute approximate surface area is 140 Å². The van der Waals surface area contributed by atoms with E-state index in [0.717, 1.165) is 16.9 Å². The zero-order valence-corrected chi connectivity index (χ0v) is 14.0. The fourth-order valence-corrected chi connectivity index (χ4v) is 2.43. The van der Waals surface area contributed by atoms with Gasteiger partial charge >= 0.3 is 0 Å². The molecule has 3 aromatic rings. The average molecular weight is 327 g/mol. The van der Waals surface area contributed by atoms with E-state index in [0.29, 0.717) is 11.6 Å². The van der Waals surface area contributed by atoms with Crippen LogP contribution >= 0.6 is 0 Å². The molecule has 0 aliphatic carbocycles. The smallest absolute Gasteiger partial charge is 0.154 e. The number of aliphatic hydroxyl groups excluding tert-OH is 1. The van der Waals surface area contributed by atoms with Crippen LogP contribution in [0.1, 0.15) is 13.8 Å². The first kappa shape index (κ1) is 16.2. The molecule has 0 saturated heterocycles. The van der Waals surface area contributed by atoms with Crippen molar-refractivity contribution < 1.29 is 9.84 Å². The van der Waals surface area contributed by atoms with Crippen LogP contribution in [0, 0.1) is 5.92 Å². The number of ether oxygens (including phenoxy) is 1. The molecular weight excluding hydrogens is 306 g/mol. The number of aliphatic hydroxyl groups is 1. The van der Waals surface area contributed by atoms with E-state index in [1.165, 1.54) is 0 Å². The number of fused-ring (bicyclic) bond motifs is 1. The van der Waals surface area contributed by atoms with Gasteiger partial charge in [0.2, 0.25) is 0 Å². The fraction of sp³-hybridized carbons (Fsp3) is 0.353. The van der Waals surface area contributed by atoms with Crippen LogP contribution in [0.5, 0.6) is 5.75 Å². The van der Waals surface area contributed by atoms with Crippen molar-refractivity contribution in [2.45, 2.75) is 19.9 Å². The molecular formula is C17H21N5O2. The highest BCUT2D eigenvalue weighted by Gasteiger charge is 2.14. The summed E-state index contributed by atoms with van der Waals surface area (Å²) < 4.78 is 6.99. The Kier molecular flexibility index (Phi) is 4.61. The molecule has 0 aliphatic rings. The quantitative estimate of drug-likeness (QED) is 0.722. The summed E-state index contributed by atoms with van der Waals surface area (Å²) in [6, 6.07) is 5.59. The number of nitrogens with one attached hydrogen (secondary N) is 1. The molecule has 0 spiro atoms. The van der Waals surface area contributed by atoms with Crippen LogP contribution in [0.25, 0.3) is 16.9 Å². The summed E-state index contributed by atoms with van der Waals surface area (Å²) in [7, 11) is 1.61. The summed E-state index contributed by atoms with van der Waals surface area (Å²) in [5, 5.41) is 17.4. The zero-order valence-electron chi connectivity index (χ0n) is 14.0. The van der Waals surface area contributed by atoms with Gasteiger partial charge in [-0.05, 0) is 24.1 Å². The molecule has 0 aromatic carbocycles. The molecule has 2 N–H and O–H groups in total. The van der Waals surface area contributed by atoms with Crippen molar-refractivity contribution in [2.24, 2.45) is 5.92 Å². The van der Waals surface area contributed by atoms with Crippen LogP contribution in [0.15, 0.2) is 36.8 Å². The van der Waals surface area contributed by atoms with Gasteiger partial charge in [-0.1, -0.05) is 13.8 Å². The van der Waals surface area contributed by atoms with E-state index in [1.54, 1.807) is 30.2 Å². The molecule has 0 bridgehead atoms. The summed E-state index contributed by atoms with van der Waals surface area (Å²) in [4.78, 5) is 8.56. The van der Waals surface area contributed by atoms with Gasteiger partial charge in [0.15, 0.2) is 5.65 Å². The van der Waals surface area contributed by atoms with Crippen LogP contribution in [-0.4, -0.2) is 44.4 Å². The van der Waals surface area contributed by atoms with Gasteiger partial charge in [-0.3, -0.25) is 4.98 Å². The van der Waals surface area contributed by atoms with Crippen molar-refractivity contribution in [3.63, 3.8) is 0 Å². The summed E-state index contributed by atoms with van der Waals surface area (Å²) in [5.74, 6) is 1.65. The van der Waals surface area contributed by atoms with Gasteiger partial charge in [-0.15, -0.1) is 5.10 Å². The van der Waals surface area contributed by atoms with Crippen molar-refractivity contribution in [3.8, 4) is 17.0 Å². The average Bonchev–Trinajstić information content (AvgIpc) is 3.02. The Bertz CT molecular complexity index is 831. The molecule has 126 valence electrons. The number of anilines is 1. The number of hydrogen-bond acceptors (Lipinski definition) is 6. The van der Waals surface area contributed by atoms with Crippen LogP contribution in [-0.2, 0) is 0 Å². The molecule has 7 nitrogen and oxygen atoms in total. The molecule has 0 fully saturated rings. The Balaban J connectivity index is 1.99. The first-order chi connectivity index (χ1) is 11.6. The van der Waals surface area contributed by atoms with Gasteiger partial charge in [-0.25, -0.2) is 9.50 Å². The Morgan fingerprint density at radius 3 is 2.79 bits per heavy atom. The topological polar surface area (TPSA) is 84.6 Å². The summed E-state index contributed by atoms with van der Waals surface area (Å²) in [5.41, 5.74) is 2.43. The van der Waals surface area contributed by atoms with Crippen molar-refractivity contribution >= 4 is 11.5 Å². The molecule has 7 heteroatoms. The molecule has 24 heavy (non-hydrogen) atoms. The number of hydrogen-bond donors (Lipinski definition) is 2. The second kappa shape index (κ2) is 6.84. The SMILES string of the molecule is COc1cncc(-c2cnc3ccc(N[C@H](CO)C(C)C)nn23)c1. The molecule has 0 aliphatic heterocycles. The lowest BCUT2D eigenvalue weighted by Crippen LogP contribution is -2.30. The number of nitrogens with zero attached hydrogens (tertiary/aromatic N) is 4.